The molecule has 56 valence electrons. The molecule has 0 aromatic carbocycles. The van der Waals surface area contributed by atoms with Crippen LogP contribution >= 0.6 is 24.4 Å². The Bertz CT molecular complexity index is 68.1. The van der Waals surface area contributed by atoms with E-state index in [9.17, 15) is 0 Å². The Balaban J connectivity index is 3.32. The fourth-order valence-electron chi connectivity index (χ4n) is 0.451. The molecule has 0 bridgehead atoms. The second-order valence-corrected chi connectivity index (χ2v) is 4.38. The van der Waals surface area contributed by atoms with Gasteiger partial charge in [-0.15, -0.1) is 11.8 Å². The predicted molar refractivity (Wildman–Crippen MR) is 49.1 cm³/mol. The van der Waals surface area contributed by atoms with Gasteiger partial charge in [-0.25, -0.2) is 0 Å². The van der Waals surface area contributed by atoms with Crippen LogP contribution in [0.15, 0.2) is 0 Å². The lowest BCUT2D eigenvalue weighted by Gasteiger charge is -2.14. The van der Waals surface area contributed by atoms with Crippen LogP contribution in [0, 0.1) is 5.92 Å². The number of thiol groups is 1. The van der Waals surface area contributed by atoms with Crippen molar-refractivity contribution in [1.82, 2.24) is 0 Å². The number of thioether (sulfide) groups is 1. The van der Waals surface area contributed by atoms with Gasteiger partial charge in [-0.2, -0.15) is 12.6 Å². The molecule has 2 unspecified atom stereocenters. The molecular formula is C6H15NS2. The van der Waals surface area contributed by atoms with Gasteiger partial charge >= 0.3 is 0 Å². The summed E-state index contributed by atoms with van der Waals surface area (Å²) in [6.07, 6.45) is 0. The zero-order valence-corrected chi connectivity index (χ0v) is 7.71. The van der Waals surface area contributed by atoms with Gasteiger partial charge in [-0.3, -0.25) is 0 Å². The smallest absolute Gasteiger partial charge is 0.0509 e. The number of hydrogen-bond donors (Lipinski definition) is 2. The highest BCUT2D eigenvalue weighted by molar-refractivity contribution is 8.10. The SMILES string of the molecule is CCSC(S)C(C)CN. The van der Waals surface area contributed by atoms with Crippen molar-refractivity contribution in [2.45, 2.75) is 18.4 Å². The summed E-state index contributed by atoms with van der Waals surface area (Å²) in [5.74, 6) is 1.65. The third-order valence-electron chi connectivity index (χ3n) is 1.20. The standard InChI is InChI=1S/C6H15NS2/c1-3-9-6(8)5(2)4-7/h5-6,8H,3-4,7H2,1-2H3. The van der Waals surface area contributed by atoms with Gasteiger partial charge in [0.2, 0.25) is 0 Å². The topological polar surface area (TPSA) is 26.0 Å². The van der Waals surface area contributed by atoms with Crippen LogP contribution in [0.3, 0.4) is 0 Å². The molecule has 0 saturated heterocycles. The van der Waals surface area contributed by atoms with Crippen molar-refractivity contribution >= 4 is 24.4 Å². The second kappa shape index (κ2) is 5.45. The maximum atomic E-state index is 5.44. The zero-order valence-electron chi connectivity index (χ0n) is 6.00. The molecule has 0 heterocycles. The van der Waals surface area contributed by atoms with E-state index in [2.05, 4.69) is 26.5 Å². The molecule has 0 aromatic rings. The minimum Gasteiger partial charge on any atom is -0.330 e. The summed E-state index contributed by atoms with van der Waals surface area (Å²) in [7, 11) is 0. The number of nitrogens with two attached hydrogens (primary N) is 1. The van der Waals surface area contributed by atoms with Crippen LogP contribution in [0.25, 0.3) is 0 Å². The maximum absolute atomic E-state index is 5.44. The molecule has 0 saturated carbocycles. The highest BCUT2D eigenvalue weighted by Gasteiger charge is 2.09. The Morgan fingerprint density at radius 2 is 2.22 bits per heavy atom. The fraction of sp³-hybridized carbons (Fsp3) is 1.00. The summed E-state index contributed by atoms with van der Waals surface area (Å²) in [6, 6.07) is 0. The van der Waals surface area contributed by atoms with Gasteiger partial charge in [-0.05, 0) is 18.2 Å². The van der Waals surface area contributed by atoms with Gasteiger partial charge < -0.3 is 5.73 Å². The van der Waals surface area contributed by atoms with E-state index in [1.54, 1.807) is 0 Å². The number of rotatable bonds is 4. The van der Waals surface area contributed by atoms with E-state index in [0.717, 1.165) is 12.3 Å². The normalized spacial score (nSPS) is 17.3. The van der Waals surface area contributed by atoms with E-state index in [0.29, 0.717) is 10.5 Å². The Morgan fingerprint density at radius 1 is 1.67 bits per heavy atom. The van der Waals surface area contributed by atoms with Crippen molar-refractivity contribution in [1.29, 1.82) is 0 Å². The van der Waals surface area contributed by atoms with Crippen molar-refractivity contribution in [3.05, 3.63) is 0 Å². The van der Waals surface area contributed by atoms with Gasteiger partial charge in [0.05, 0.1) is 4.58 Å². The molecule has 9 heavy (non-hydrogen) atoms. The van der Waals surface area contributed by atoms with Gasteiger partial charge in [0.25, 0.3) is 0 Å². The van der Waals surface area contributed by atoms with Crippen molar-refractivity contribution in [2.24, 2.45) is 11.7 Å². The maximum Gasteiger partial charge on any atom is 0.0509 e. The highest BCUT2D eigenvalue weighted by atomic mass is 32.2. The fourth-order valence-corrected chi connectivity index (χ4v) is 1.80. The van der Waals surface area contributed by atoms with E-state index in [-0.39, 0.29) is 0 Å². The molecule has 0 rings (SSSR count). The van der Waals surface area contributed by atoms with Crippen LogP contribution in [-0.4, -0.2) is 16.9 Å². The molecule has 0 spiro atoms. The van der Waals surface area contributed by atoms with Crippen molar-refractivity contribution in [3.63, 3.8) is 0 Å². The summed E-state index contributed by atoms with van der Waals surface area (Å²) in [5.41, 5.74) is 5.44. The minimum atomic E-state index is 0.417. The first-order chi connectivity index (χ1) is 4.22. The molecule has 0 aliphatic heterocycles. The lowest BCUT2D eigenvalue weighted by molar-refractivity contribution is 0.654. The molecule has 1 nitrogen and oxygen atoms in total. The molecule has 0 radical (unpaired) electrons. The summed E-state index contributed by atoms with van der Waals surface area (Å²) < 4.78 is 0.417. The molecule has 2 N–H and O–H groups in total. The molecule has 0 amide bonds. The zero-order chi connectivity index (χ0) is 7.28. The minimum absolute atomic E-state index is 0.417. The quantitative estimate of drug-likeness (QED) is 0.489. The molecule has 0 aromatic heterocycles. The molecular weight excluding hydrogens is 150 g/mol. The van der Waals surface area contributed by atoms with E-state index >= 15 is 0 Å². The van der Waals surface area contributed by atoms with Gasteiger partial charge in [0.1, 0.15) is 0 Å². The molecule has 3 heteroatoms. The lowest BCUT2D eigenvalue weighted by atomic mass is 10.2. The monoisotopic (exact) mass is 165 g/mol. The Morgan fingerprint density at radius 3 is 2.56 bits per heavy atom. The Kier molecular flexibility index (Phi) is 5.84. The number of hydrogen-bond acceptors (Lipinski definition) is 3. The van der Waals surface area contributed by atoms with Crippen LogP contribution in [0.1, 0.15) is 13.8 Å². The average molecular weight is 165 g/mol. The lowest BCUT2D eigenvalue weighted by Crippen LogP contribution is -2.18. The van der Waals surface area contributed by atoms with Gasteiger partial charge in [0, 0.05) is 0 Å². The van der Waals surface area contributed by atoms with E-state index in [4.69, 9.17) is 5.73 Å². The van der Waals surface area contributed by atoms with E-state index in [1.165, 1.54) is 0 Å². The van der Waals surface area contributed by atoms with Crippen LogP contribution < -0.4 is 5.73 Å². The first kappa shape index (κ1) is 9.66. The summed E-state index contributed by atoms with van der Waals surface area (Å²) in [6.45, 7) is 5.00. The van der Waals surface area contributed by atoms with Crippen LogP contribution in [0.4, 0.5) is 0 Å². The molecule has 0 fully saturated rings. The van der Waals surface area contributed by atoms with E-state index in [1.807, 2.05) is 11.8 Å². The summed E-state index contributed by atoms with van der Waals surface area (Å²) in [4.78, 5) is 0. The third-order valence-corrected chi connectivity index (χ3v) is 3.29. The summed E-state index contributed by atoms with van der Waals surface area (Å²) >= 11 is 6.22. The molecule has 2 atom stereocenters. The van der Waals surface area contributed by atoms with Gasteiger partial charge in [-0.1, -0.05) is 13.8 Å². The van der Waals surface area contributed by atoms with Crippen LogP contribution in [0.2, 0.25) is 0 Å². The van der Waals surface area contributed by atoms with Crippen molar-refractivity contribution in [2.75, 3.05) is 12.3 Å². The highest BCUT2D eigenvalue weighted by Crippen LogP contribution is 2.21. The average Bonchev–Trinajstić information content (AvgIpc) is 1.87. The third kappa shape index (κ3) is 4.12. The van der Waals surface area contributed by atoms with Crippen LogP contribution in [0.5, 0.6) is 0 Å². The first-order valence-corrected chi connectivity index (χ1v) is 4.78. The Labute approximate surface area is 67.2 Å². The van der Waals surface area contributed by atoms with Crippen molar-refractivity contribution < 1.29 is 0 Å². The van der Waals surface area contributed by atoms with E-state index < -0.39 is 0 Å². The Hall–Kier alpha value is 0.660. The molecule has 0 aliphatic carbocycles. The largest absolute Gasteiger partial charge is 0.330 e. The summed E-state index contributed by atoms with van der Waals surface area (Å²) in [5, 5.41) is 0. The van der Waals surface area contributed by atoms with Crippen molar-refractivity contribution in [3.8, 4) is 0 Å². The first-order valence-electron chi connectivity index (χ1n) is 3.22. The van der Waals surface area contributed by atoms with Gasteiger partial charge in [0.15, 0.2) is 0 Å². The molecule has 0 aliphatic rings. The van der Waals surface area contributed by atoms with Crippen LogP contribution in [-0.2, 0) is 0 Å². The second-order valence-electron chi connectivity index (χ2n) is 2.06. The predicted octanol–water partition coefficient (Wildman–Crippen LogP) is 1.59.